The van der Waals surface area contributed by atoms with Crippen LogP contribution >= 0.6 is 81.2 Å². The number of anilines is 7. The summed E-state index contributed by atoms with van der Waals surface area (Å²) in [5.74, 6) is 1.08. The maximum Gasteiger partial charge on any atom is 0.273 e. The molecular weight excluding hydrogens is 1990 g/mol. The third-order valence-electron chi connectivity index (χ3n) is 29.8. The molecule has 0 radical (unpaired) electrons. The van der Waals surface area contributed by atoms with E-state index in [1.807, 2.05) is 73.7 Å². The van der Waals surface area contributed by atoms with Gasteiger partial charge < -0.3 is 78.5 Å². The molecule has 4 aromatic heterocycles. The van der Waals surface area contributed by atoms with E-state index in [-0.39, 0.29) is 101 Å². The summed E-state index contributed by atoms with van der Waals surface area (Å²) < 4.78 is 0. The minimum absolute atomic E-state index is 0.00546. The van der Waals surface area contributed by atoms with Crippen LogP contribution in [-0.4, -0.2) is 348 Å². The summed E-state index contributed by atoms with van der Waals surface area (Å²) in [6.45, 7) is 32.1. The van der Waals surface area contributed by atoms with Gasteiger partial charge in [0.2, 0.25) is 0 Å². The highest BCUT2D eigenvalue weighted by atomic mass is 35.5. The van der Waals surface area contributed by atoms with Crippen LogP contribution < -0.4 is 58.1 Å². The first-order valence-electron chi connectivity index (χ1n) is 51.4. The molecule has 4 aromatic carbocycles. The molecule has 8 aromatic rings. The lowest BCUT2D eigenvalue weighted by Crippen LogP contribution is -2.58. The van der Waals surface area contributed by atoms with Gasteiger partial charge in [-0.15, -0.1) is 0 Å². The lowest BCUT2D eigenvalue weighted by molar-refractivity contribution is 0.0356. The maximum atomic E-state index is 12.3. The molecule has 0 spiro atoms. The van der Waals surface area contributed by atoms with E-state index in [1.54, 1.807) is 6.20 Å². The van der Waals surface area contributed by atoms with Gasteiger partial charge in [0.1, 0.15) is 11.5 Å². The monoisotopic (exact) mass is 2130 g/mol. The Morgan fingerprint density at radius 3 is 1.10 bits per heavy atom. The Bertz CT molecular complexity index is 5550. The molecule has 12 heterocycles. The lowest BCUT2D eigenvalue weighted by Gasteiger charge is -2.48. The number of piperazine rings is 4. The molecule has 17 rings (SSSR count). The SMILES string of the molecule is CC[C@H]1CN(c2nc(N)c(C(=O)NC)nc2Cl)CCN1C1CCN(Cc2ccc(Cl)cc2)CC1.CC[C@H]1CN(c2nc(N)c(C(=O)NCCO)nc2Cl)CCN1C1CCN(Cc2ccc(Cl)cc2CO)CC1.CC[C@H]1CN(c2nc(N)c(C(=O)NCCO)nc2Cl)CCN1C1CCN([C@@H](CO)c2ccc(Cl)cc2)CC1.CC[C@H]1CN(c2ncc(C(=O)NC3CC3)nc2C)CCN1C1CCN(Cc2ccc(Cl)cc2)CC1. The van der Waals surface area contributed by atoms with E-state index in [2.05, 4.69) is 172 Å². The number of halogens is 7. The van der Waals surface area contributed by atoms with Crippen molar-refractivity contribution < 1.29 is 39.6 Å². The Hall–Kier alpha value is -8.77. The minimum Gasteiger partial charge on any atom is -0.395 e. The summed E-state index contributed by atoms with van der Waals surface area (Å²) in [4.78, 5) is 113. The van der Waals surface area contributed by atoms with Gasteiger partial charge in [-0.3, -0.25) is 58.4 Å². The highest BCUT2D eigenvalue weighted by molar-refractivity contribution is 6.33. The number of aliphatic hydroxyl groups is 4. The molecule has 5 atom stereocenters. The summed E-state index contributed by atoms with van der Waals surface area (Å²) in [5, 5.41) is 51.7. The highest BCUT2D eigenvalue weighted by Gasteiger charge is 2.42. The Morgan fingerprint density at radius 1 is 0.400 bits per heavy atom. The molecule has 14 N–H and O–H groups in total. The van der Waals surface area contributed by atoms with Crippen molar-refractivity contribution in [2.75, 3.05) is 208 Å². The van der Waals surface area contributed by atoms with Crippen molar-refractivity contribution in [2.24, 2.45) is 0 Å². The van der Waals surface area contributed by atoms with Crippen LogP contribution in [-0.2, 0) is 26.2 Å². The molecule has 145 heavy (non-hydrogen) atoms. The van der Waals surface area contributed by atoms with Crippen LogP contribution in [0, 0.1) is 6.92 Å². The number of nitrogen functional groups attached to an aromatic ring is 3. The average molecular weight is 2140 g/mol. The number of nitrogens with two attached hydrogens (primary N) is 3. The van der Waals surface area contributed by atoms with E-state index in [1.165, 1.54) is 43.9 Å². The number of benzene rings is 4. The number of nitrogens with one attached hydrogen (secondary N) is 4. The van der Waals surface area contributed by atoms with E-state index < -0.39 is 17.7 Å². The fourth-order valence-corrected chi connectivity index (χ4v) is 23.0. The second-order valence-electron chi connectivity index (χ2n) is 39.0. The van der Waals surface area contributed by atoms with Crippen LogP contribution in [0.15, 0.2) is 97.2 Å². The number of hydrogen-bond acceptors (Lipinski definition) is 31. The van der Waals surface area contributed by atoms with Crippen LogP contribution in [0.1, 0.15) is 199 Å². The predicted octanol–water partition coefficient (Wildman–Crippen LogP) is 11.5. The Balaban J connectivity index is 0.000000153. The molecule has 1 aliphatic carbocycles. The second kappa shape index (κ2) is 54.1. The highest BCUT2D eigenvalue weighted by Crippen LogP contribution is 2.38. The standard InChI is InChI=1S/C27H37ClN6O.2C26H37Cl2N7O3.C24H33Cl2N7O/c1-3-23-18-33(26-19(2)30-25(16-29-26)27(35)31-22-8-9-22)14-15-34(23)24-10-12-32(13-11-24)17-20-4-6-21(28)7-5-20;1-2-19-15-34(25-23(28)31-22(24(29)32-25)26(38)30-9-14-36)12-13-35(19)20-7-10-33(11-8-20)21(16-37)17-3-5-18(27)6-4-17;1-2-20-15-34(25-23(28)31-22(24(29)32-25)26(38)30-7-12-36)10-11-35(20)21-5-8-33(9-6-21)14-17-3-4-19(27)13-18(17)16-37;1-3-18-15-32(23-21(26)29-20(22(27)30-23)24(34)28-2)12-13-33(18)19-8-10-31(11-9-19)14-16-4-6-17(25)7-5-16/h4-7,16,22-24H,3,8-15,17-18H2,1-2H3,(H,31,35);3-6,19-21,36-37H,2,7-16H2,1H3,(H2,29,32)(H,30,38);3-4,13,20-21,36-37H,2,5-12,14-16H2,1H3,(H2,29,32)(H,30,38);4-7,18-19H,3,8-15H2,1-2H3,(H2,27,30)(H,28,34)/t23-;19-,21-;20-;18-/m0000/s1. The number of amides is 4. The smallest absolute Gasteiger partial charge is 0.273 e. The van der Waals surface area contributed by atoms with Crippen molar-refractivity contribution in [3.8, 4) is 0 Å². The molecule has 0 bridgehead atoms. The van der Waals surface area contributed by atoms with E-state index in [4.69, 9.17) is 109 Å². The summed E-state index contributed by atoms with van der Waals surface area (Å²) in [6.07, 6.45) is 16.9. The molecule has 8 aliphatic heterocycles. The Kier molecular flexibility index (Phi) is 41.7. The number of aromatic nitrogens is 8. The van der Waals surface area contributed by atoms with Gasteiger partial charge in [0.15, 0.2) is 67.4 Å². The maximum absolute atomic E-state index is 12.3. The van der Waals surface area contributed by atoms with E-state index >= 15 is 0 Å². The summed E-state index contributed by atoms with van der Waals surface area (Å²) in [5.41, 5.74) is 25.1. The molecule has 8 saturated heterocycles. The van der Waals surface area contributed by atoms with E-state index in [0.717, 1.165) is 253 Å². The molecule has 9 aliphatic rings. The molecule has 4 amide bonds. The lowest BCUT2D eigenvalue weighted by atomic mass is 9.96. The van der Waals surface area contributed by atoms with Crippen LogP contribution in [0.5, 0.6) is 0 Å². The van der Waals surface area contributed by atoms with Gasteiger partial charge in [0, 0.05) is 206 Å². The first-order chi connectivity index (χ1) is 70.1. The predicted molar refractivity (Wildman–Crippen MR) is 577 cm³/mol. The number of piperidine rings is 4. The quantitative estimate of drug-likeness (QED) is 0.0192. The zero-order valence-electron chi connectivity index (χ0n) is 84.2. The summed E-state index contributed by atoms with van der Waals surface area (Å²) >= 11 is 43.5. The van der Waals surface area contributed by atoms with Gasteiger partial charge in [-0.25, -0.2) is 39.9 Å². The topological polar surface area (TPSA) is 417 Å². The summed E-state index contributed by atoms with van der Waals surface area (Å²) in [7, 11) is 1.53. The van der Waals surface area contributed by atoms with Gasteiger partial charge in [0.25, 0.3) is 23.6 Å². The fraction of sp³-hybridized carbons (Fsp3) is 0.573. The van der Waals surface area contributed by atoms with Crippen molar-refractivity contribution in [1.82, 2.24) is 100 Å². The third-order valence-corrected chi connectivity index (χ3v) is 31.6. The number of hydrogen-bond donors (Lipinski definition) is 11. The van der Waals surface area contributed by atoms with Gasteiger partial charge in [0.05, 0.1) is 44.4 Å². The van der Waals surface area contributed by atoms with Crippen molar-refractivity contribution in [1.29, 1.82) is 0 Å². The van der Waals surface area contributed by atoms with Crippen molar-refractivity contribution in [3.63, 3.8) is 0 Å². The normalized spacial score (nSPS) is 20.7. The third kappa shape index (κ3) is 29.7. The molecule has 1 saturated carbocycles. The van der Waals surface area contributed by atoms with Crippen LogP contribution in [0.3, 0.4) is 0 Å². The largest absolute Gasteiger partial charge is 0.395 e. The second-order valence-corrected chi connectivity index (χ2v) is 41.8. The zero-order valence-corrected chi connectivity index (χ0v) is 89.5. The van der Waals surface area contributed by atoms with Crippen LogP contribution in [0.25, 0.3) is 0 Å². The fourth-order valence-electron chi connectivity index (χ4n) is 21.7. The average Bonchev–Trinajstić information content (AvgIpc) is 1.79. The summed E-state index contributed by atoms with van der Waals surface area (Å²) in [6, 6.07) is 34.0. The molecule has 35 nitrogen and oxygen atoms in total. The van der Waals surface area contributed by atoms with Crippen molar-refractivity contribution >= 4 is 146 Å². The molecular formula is C103H144Cl7N27O8. The molecule has 0 unspecified atom stereocenters. The van der Waals surface area contributed by atoms with E-state index in [0.29, 0.717) is 87.6 Å². The number of carbonyl (C=O) groups is 4. The molecule has 788 valence electrons. The van der Waals surface area contributed by atoms with Crippen molar-refractivity contribution in [3.05, 3.63) is 189 Å². The number of aryl methyl sites for hydroxylation is 1. The molecule has 42 heteroatoms. The molecule has 9 fully saturated rings. The number of aliphatic hydroxyl groups excluding tert-OH is 4. The number of carbonyl (C=O) groups excluding carboxylic acids is 4. The first-order valence-corrected chi connectivity index (χ1v) is 54.0. The van der Waals surface area contributed by atoms with Crippen molar-refractivity contribution in [2.45, 2.75) is 211 Å². The number of nitrogens with zero attached hydrogens (tertiary/aromatic N) is 20. The van der Waals surface area contributed by atoms with Crippen LogP contribution in [0.4, 0.5) is 40.7 Å². The van der Waals surface area contributed by atoms with Gasteiger partial charge in [-0.1, -0.05) is 151 Å². The Morgan fingerprint density at radius 2 is 0.752 bits per heavy atom. The Labute approximate surface area is 887 Å². The van der Waals surface area contributed by atoms with Gasteiger partial charge in [-0.2, -0.15) is 0 Å². The van der Waals surface area contributed by atoms with Gasteiger partial charge >= 0.3 is 0 Å². The first kappa shape index (κ1) is 112. The number of likely N-dealkylation sites (tertiary alicyclic amines) is 4. The van der Waals surface area contributed by atoms with E-state index in [9.17, 15) is 29.4 Å². The number of rotatable bonds is 31. The minimum atomic E-state index is -0.514. The van der Waals surface area contributed by atoms with Gasteiger partial charge in [-0.05, 0) is 212 Å². The zero-order chi connectivity index (χ0) is 103. The van der Waals surface area contributed by atoms with Crippen LogP contribution in [0.2, 0.25) is 35.5 Å².